The van der Waals surface area contributed by atoms with Gasteiger partial charge in [0.05, 0.1) is 6.04 Å². The van der Waals surface area contributed by atoms with Gasteiger partial charge in [0.1, 0.15) is 0 Å². The van der Waals surface area contributed by atoms with Crippen molar-refractivity contribution < 1.29 is 13.6 Å². The van der Waals surface area contributed by atoms with E-state index in [1.54, 1.807) is 4.31 Å². The third kappa shape index (κ3) is 2.91. The summed E-state index contributed by atoms with van der Waals surface area (Å²) in [5.74, 6) is -0.0158. The van der Waals surface area contributed by atoms with Crippen LogP contribution in [-0.2, 0) is 10.2 Å². The average Bonchev–Trinajstić information content (AvgIpc) is 2.46. The number of hydrogen-bond acceptors (Lipinski definition) is 4. The first-order valence-corrected chi connectivity index (χ1v) is 8.64. The second-order valence-electron chi connectivity index (χ2n) is 5.61. The van der Waals surface area contributed by atoms with E-state index in [0.29, 0.717) is 19.5 Å². The number of amidine groups is 1. The Balaban J connectivity index is 2.25. The van der Waals surface area contributed by atoms with E-state index < -0.39 is 16.3 Å². The lowest BCUT2D eigenvalue weighted by atomic mass is 10.0. The molecule has 0 spiro atoms. The van der Waals surface area contributed by atoms with Gasteiger partial charge in [-0.05, 0) is 32.6 Å². The van der Waals surface area contributed by atoms with Crippen molar-refractivity contribution in [1.29, 1.82) is 0 Å². The Morgan fingerprint density at radius 3 is 2.35 bits per heavy atom. The van der Waals surface area contributed by atoms with Crippen LogP contribution in [0, 0.1) is 0 Å². The van der Waals surface area contributed by atoms with E-state index in [0.717, 1.165) is 32.1 Å². The standard InChI is InChI=1S/C12H24N4O3S/c1-10-6-2-4-8-15(10)20(18,19)16-9-5-3-7-11(16)12(13)14-17/h10-11,17H,2-9H2,1H3,(H2,13,14). The zero-order valence-electron chi connectivity index (χ0n) is 11.9. The molecule has 0 aliphatic carbocycles. The van der Waals surface area contributed by atoms with Crippen LogP contribution in [0.2, 0.25) is 0 Å². The highest BCUT2D eigenvalue weighted by atomic mass is 32.2. The lowest BCUT2D eigenvalue weighted by molar-refractivity contribution is 0.221. The first-order chi connectivity index (χ1) is 9.48. The van der Waals surface area contributed by atoms with Crippen LogP contribution in [0.5, 0.6) is 0 Å². The maximum Gasteiger partial charge on any atom is 0.282 e. The number of nitrogens with zero attached hydrogens (tertiary/aromatic N) is 3. The number of nitrogens with two attached hydrogens (primary N) is 1. The molecule has 0 radical (unpaired) electrons. The molecule has 2 heterocycles. The molecule has 2 saturated heterocycles. The van der Waals surface area contributed by atoms with Crippen LogP contribution in [0.25, 0.3) is 0 Å². The number of hydrogen-bond donors (Lipinski definition) is 2. The molecular weight excluding hydrogens is 280 g/mol. The fourth-order valence-corrected chi connectivity index (χ4v) is 5.18. The summed E-state index contributed by atoms with van der Waals surface area (Å²) in [5, 5.41) is 11.9. The highest BCUT2D eigenvalue weighted by molar-refractivity contribution is 7.86. The van der Waals surface area contributed by atoms with Crippen LogP contribution in [-0.4, -0.2) is 53.2 Å². The van der Waals surface area contributed by atoms with Crippen molar-refractivity contribution in [1.82, 2.24) is 8.61 Å². The first-order valence-electron chi connectivity index (χ1n) is 7.24. The Bertz CT molecular complexity index is 465. The fraction of sp³-hybridized carbons (Fsp3) is 0.917. The second-order valence-corrected chi connectivity index (χ2v) is 7.44. The lowest BCUT2D eigenvalue weighted by Crippen LogP contribution is -2.57. The number of oxime groups is 1. The smallest absolute Gasteiger partial charge is 0.282 e. The van der Waals surface area contributed by atoms with Gasteiger partial charge in [-0.2, -0.15) is 17.0 Å². The van der Waals surface area contributed by atoms with Gasteiger partial charge in [-0.25, -0.2) is 0 Å². The Labute approximate surface area is 120 Å². The van der Waals surface area contributed by atoms with Gasteiger partial charge in [-0.3, -0.25) is 0 Å². The monoisotopic (exact) mass is 304 g/mol. The average molecular weight is 304 g/mol. The quantitative estimate of drug-likeness (QED) is 0.347. The summed E-state index contributed by atoms with van der Waals surface area (Å²) in [4.78, 5) is 0. The molecule has 0 aromatic heterocycles. The molecule has 2 fully saturated rings. The van der Waals surface area contributed by atoms with Crippen molar-refractivity contribution in [3.05, 3.63) is 0 Å². The number of rotatable bonds is 3. The molecule has 0 amide bonds. The normalized spacial score (nSPS) is 31.4. The Morgan fingerprint density at radius 1 is 1.15 bits per heavy atom. The molecule has 0 aromatic rings. The van der Waals surface area contributed by atoms with Crippen LogP contribution in [0.1, 0.15) is 45.4 Å². The van der Waals surface area contributed by atoms with Gasteiger partial charge in [0.15, 0.2) is 5.84 Å². The molecule has 2 atom stereocenters. The summed E-state index contributed by atoms with van der Waals surface area (Å²) in [6.45, 7) is 2.94. The van der Waals surface area contributed by atoms with Crippen LogP contribution in [0.4, 0.5) is 0 Å². The molecular formula is C12H24N4O3S. The third-order valence-corrected chi connectivity index (χ3v) is 6.41. The van der Waals surface area contributed by atoms with Crippen molar-refractivity contribution in [2.45, 2.75) is 57.5 Å². The van der Waals surface area contributed by atoms with Gasteiger partial charge >= 0.3 is 0 Å². The summed E-state index contributed by atoms with van der Waals surface area (Å²) in [7, 11) is -3.54. The molecule has 7 nitrogen and oxygen atoms in total. The zero-order valence-corrected chi connectivity index (χ0v) is 12.7. The molecule has 2 aliphatic heterocycles. The first kappa shape index (κ1) is 15.5. The van der Waals surface area contributed by atoms with Gasteiger partial charge < -0.3 is 10.9 Å². The third-order valence-electron chi connectivity index (χ3n) is 4.25. The topological polar surface area (TPSA) is 99.2 Å². The van der Waals surface area contributed by atoms with Crippen molar-refractivity contribution >= 4 is 16.0 Å². The van der Waals surface area contributed by atoms with E-state index in [1.165, 1.54) is 4.31 Å². The molecule has 0 aromatic carbocycles. The Kier molecular flexibility index (Phi) is 4.87. The van der Waals surface area contributed by atoms with E-state index in [1.807, 2.05) is 6.92 Å². The fourth-order valence-electron chi connectivity index (χ4n) is 3.09. The summed E-state index contributed by atoms with van der Waals surface area (Å²) < 4.78 is 28.7. The van der Waals surface area contributed by atoms with Gasteiger partial charge in [-0.1, -0.05) is 18.0 Å². The Morgan fingerprint density at radius 2 is 1.75 bits per heavy atom. The molecule has 2 unspecified atom stereocenters. The maximum atomic E-state index is 12.8. The van der Waals surface area contributed by atoms with Gasteiger partial charge in [-0.15, -0.1) is 0 Å². The van der Waals surface area contributed by atoms with Gasteiger partial charge in [0.25, 0.3) is 10.2 Å². The lowest BCUT2D eigenvalue weighted by Gasteiger charge is -2.40. The minimum Gasteiger partial charge on any atom is -0.409 e. The van der Waals surface area contributed by atoms with Crippen LogP contribution >= 0.6 is 0 Å². The van der Waals surface area contributed by atoms with Gasteiger partial charge in [0.2, 0.25) is 0 Å². The number of piperidine rings is 2. The van der Waals surface area contributed by atoms with Crippen LogP contribution < -0.4 is 5.73 Å². The minimum atomic E-state index is -3.54. The van der Waals surface area contributed by atoms with E-state index in [2.05, 4.69) is 5.16 Å². The second kappa shape index (κ2) is 6.28. The SMILES string of the molecule is CC1CCCCN1S(=O)(=O)N1CCCCC1C(N)=NO. The van der Waals surface area contributed by atoms with Crippen LogP contribution in [0.15, 0.2) is 5.16 Å². The zero-order chi connectivity index (χ0) is 14.8. The van der Waals surface area contributed by atoms with Crippen molar-refractivity contribution in [2.24, 2.45) is 10.9 Å². The summed E-state index contributed by atoms with van der Waals surface area (Å²) in [5.41, 5.74) is 5.67. The Hall–Kier alpha value is -0.860. The van der Waals surface area contributed by atoms with Crippen LogP contribution in [0.3, 0.4) is 0 Å². The summed E-state index contributed by atoms with van der Waals surface area (Å²) in [6, 6.07) is -0.503. The predicted molar refractivity (Wildman–Crippen MR) is 76.7 cm³/mol. The van der Waals surface area contributed by atoms with E-state index in [9.17, 15) is 8.42 Å². The van der Waals surface area contributed by atoms with E-state index in [4.69, 9.17) is 10.9 Å². The minimum absolute atomic E-state index is 0.0158. The molecule has 2 rings (SSSR count). The molecule has 3 N–H and O–H groups in total. The predicted octanol–water partition coefficient (Wildman–Crippen LogP) is 0.707. The van der Waals surface area contributed by atoms with Crippen molar-refractivity contribution in [3.8, 4) is 0 Å². The highest BCUT2D eigenvalue weighted by Crippen LogP contribution is 2.27. The molecule has 116 valence electrons. The summed E-state index contributed by atoms with van der Waals surface area (Å²) in [6.07, 6.45) is 5.17. The molecule has 0 saturated carbocycles. The summed E-state index contributed by atoms with van der Waals surface area (Å²) >= 11 is 0. The largest absolute Gasteiger partial charge is 0.409 e. The molecule has 0 bridgehead atoms. The van der Waals surface area contributed by atoms with E-state index >= 15 is 0 Å². The highest BCUT2D eigenvalue weighted by Gasteiger charge is 2.40. The van der Waals surface area contributed by atoms with Crippen molar-refractivity contribution in [3.63, 3.8) is 0 Å². The van der Waals surface area contributed by atoms with Gasteiger partial charge in [0, 0.05) is 19.1 Å². The molecule has 8 heteroatoms. The van der Waals surface area contributed by atoms with E-state index in [-0.39, 0.29) is 11.9 Å². The maximum absolute atomic E-state index is 12.8. The molecule has 2 aliphatic rings. The molecule has 20 heavy (non-hydrogen) atoms. The van der Waals surface area contributed by atoms with Crippen molar-refractivity contribution in [2.75, 3.05) is 13.1 Å².